The Hall–Kier alpha value is -4.27. The Morgan fingerprint density at radius 1 is 1.13 bits per heavy atom. The molecular formula is C27H31N7O3S. The molecule has 10 nitrogen and oxygen atoms in total. The normalized spacial score (nSPS) is 12.1. The molecule has 2 heterocycles. The lowest BCUT2D eigenvalue weighted by atomic mass is 10.1. The van der Waals surface area contributed by atoms with Gasteiger partial charge >= 0.3 is 0 Å². The number of aromatic nitrogens is 2. The van der Waals surface area contributed by atoms with E-state index in [4.69, 9.17) is 0 Å². The fraction of sp³-hybridized carbons (Fsp3) is 0.296. The summed E-state index contributed by atoms with van der Waals surface area (Å²) >= 11 is 1.05. The second-order valence-electron chi connectivity index (χ2n) is 8.39. The summed E-state index contributed by atoms with van der Waals surface area (Å²) in [5, 5.41) is 17.9. The molecule has 0 saturated heterocycles. The van der Waals surface area contributed by atoms with Crippen LogP contribution in [-0.4, -0.2) is 52.9 Å². The number of hydrogen-bond donors (Lipinski definition) is 3. The second-order valence-corrected chi connectivity index (χ2v) is 9.42. The maximum absolute atomic E-state index is 12.9. The molecular weight excluding hydrogens is 502 g/mol. The smallest absolute Gasteiger partial charge is 0.270 e. The summed E-state index contributed by atoms with van der Waals surface area (Å²) in [6.45, 7) is 5.16. The van der Waals surface area contributed by atoms with Gasteiger partial charge in [0.2, 0.25) is 5.91 Å². The van der Waals surface area contributed by atoms with E-state index in [0.29, 0.717) is 33.9 Å². The third kappa shape index (κ3) is 7.61. The van der Waals surface area contributed by atoms with Crippen molar-refractivity contribution in [3.63, 3.8) is 0 Å². The zero-order valence-electron chi connectivity index (χ0n) is 21.7. The molecule has 0 unspecified atom stereocenters. The monoisotopic (exact) mass is 533 g/mol. The summed E-state index contributed by atoms with van der Waals surface area (Å²) in [6.07, 6.45) is 2.33. The van der Waals surface area contributed by atoms with Gasteiger partial charge < -0.3 is 16.0 Å². The van der Waals surface area contributed by atoms with E-state index in [1.807, 2.05) is 36.2 Å². The minimum Gasteiger partial charge on any atom is -0.352 e. The molecule has 0 saturated carbocycles. The van der Waals surface area contributed by atoms with Crippen LogP contribution in [0.5, 0.6) is 0 Å². The third-order valence-electron chi connectivity index (χ3n) is 5.52. The van der Waals surface area contributed by atoms with Crippen LogP contribution < -0.4 is 30.7 Å². The second kappa shape index (κ2) is 13.9. The van der Waals surface area contributed by atoms with E-state index in [2.05, 4.69) is 33.1 Å². The molecule has 0 bridgehead atoms. The van der Waals surface area contributed by atoms with E-state index in [-0.39, 0.29) is 23.6 Å². The number of rotatable bonds is 11. The van der Waals surface area contributed by atoms with Crippen molar-refractivity contribution in [1.82, 2.24) is 19.8 Å². The minimum atomic E-state index is -0.520. The Morgan fingerprint density at radius 3 is 2.55 bits per heavy atom. The van der Waals surface area contributed by atoms with Crippen molar-refractivity contribution in [3.8, 4) is 6.07 Å². The van der Waals surface area contributed by atoms with Gasteiger partial charge in [-0.05, 0) is 45.0 Å². The van der Waals surface area contributed by atoms with Gasteiger partial charge in [0.1, 0.15) is 26.9 Å². The van der Waals surface area contributed by atoms with Crippen LogP contribution in [0.15, 0.2) is 53.3 Å². The number of pyridine rings is 1. The number of benzene rings is 1. The lowest BCUT2D eigenvalue weighted by molar-refractivity contribution is -0.117. The van der Waals surface area contributed by atoms with Crippen LogP contribution in [0.25, 0.3) is 11.8 Å². The lowest BCUT2D eigenvalue weighted by Gasteiger charge is -2.16. The van der Waals surface area contributed by atoms with E-state index < -0.39 is 5.91 Å². The standard InChI is InChI=1S/C27H31N7O3S/c1-4-29-25(36)20(16-28)27-34(5-2)26(37)21(38-27)17-30-22-12-9-13-23(31-22)32-24(35)18-33(3)15-14-19-10-7-6-8-11-19/h6-13,17H,4-5,14-15,18H2,1-3H3,(H,29,36)(H2,30,31,32,35). The molecule has 0 spiro atoms. The van der Waals surface area contributed by atoms with Gasteiger partial charge in [-0.15, -0.1) is 11.3 Å². The largest absolute Gasteiger partial charge is 0.352 e. The van der Waals surface area contributed by atoms with Gasteiger partial charge in [-0.1, -0.05) is 36.4 Å². The van der Waals surface area contributed by atoms with Gasteiger partial charge in [0.25, 0.3) is 11.5 Å². The maximum atomic E-state index is 12.9. The number of nitriles is 1. The summed E-state index contributed by atoms with van der Waals surface area (Å²) in [5.41, 5.74) is 0.790. The van der Waals surface area contributed by atoms with Gasteiger partial charge in [-0.2, -0.15) is 5.26 Å². The van der Waals surface area contributed by atoms with Crippen molar-refractivity contribution >= 4 is 46.6 Å². The van der Waals surface area contributed by atoms with Gasteiger partial charge in [-0.25, -0.2) is 4.98 Å². The van der Waals surface area contributed by atoms with E-state index in [1.54, 1.807) is 32.0 Å². The first-order valence-corrected chi connectivity index (χ1v) is 13.1. The predicted molar refractivity (Wildman–Crippen MR) is 150 cm³/mol. The fourth-order valence-electron chi connectivity index (χ4n) is 3.63. The number of anilines is 2. The first-order chi connectivity index (χ1) is 18.4. The molecule has 3 rings (SSSR count). The van der Waals surface area contributed by atoms with Gasteiger partial charge in [0.15, 0.2) is 5.57 Å². The van der Waals surface area contributed by atoms with Crippen LogP contribution >= 0.6 is 11.3 Å². The Balaban J connectivity index is 1.70. The Bertz CT molecular complexity index is 1490. The molecule has 0 aliphatic rings. The summed E-state index contributed by atoms with van der Waals surface area (Å²) in [7, 11) is 1.89. The van der Waals surface area contributed by atoms with Crippen molar-refractivity contribution in [3.05, 3.63) is 73.6 Å². The number of nitrogens with one attached hydrogen (secondary N) is 3. The highest BCUT2D eigenvalue weighted by molar-refractivity contribution is 7.07. The zero-order chi connectivity index (χ0) is 27.5. The molecule has 198 valence electrons. The SMILES string of the molecule is CCNC(=O)C(C#N)=c1sc(=CNc2cccc(NC(=O)CN(C)CCc3ccccc3)n2)c(=O)n1CC. The molecule has 3 N–H and O–H groups in total. The van der Waals surface area contributed by atoms with Crippen LogP contribution in [0, 0.1) is 11.3 Å². The van der Waals surface area contributed by atoms with Crippen molar-refractivity contribution in [2.75, 3.05) is 37.3 Å². The summed E-state index contributed by atoms with van der Waals surface area (Å²) in [4.78, 5) is 44.0. The van der Waals surface area contributed by atoms with Crippen molar-refractivity contribution < 1.29 is 9.59 Å². The zero-order valence-corrected chi connectivity index (χ0v) is 22.5. The number of nitrogens with zero attached hydrogens (tertiary/aromatic N) is 4. The van der Waals surface area contributed by atoms with Crippen LogP contribution in [0.3, 0.4) is 0 Å². The van der Waals surface area contributed by atoms with Gasteiger partial charge in [-0.3, -0.25) is 23.9 Å². The predicted octanol–water partition coefficient (Wildman–Crippen LogP) is 1.10. The Morgan fingerprint density at radius 2 is 1.87 bits per heavy atom. The average molecular weight is 534 g/mol. The van der Waals surface area contributed by atoms with Crippen LogP contribution in [-0.2, 0) is 22.6 Å². The maximum Gasteiger partial charge on any atom is 0.270 e. The van der Waals surface area contributed by atoms with E-state index in [1.165, 1.54) is 16.3 Å². The summed E-state index contributed by atoms with van der Waals surface area (Å²) < 4.78 is 2.00. The van der Waals surface area contributed by atoms with Gasteiger partial charge in [0, 0.05) is 25.8 Å². The van der Waals surface area contributed by atoms with Crippen LogP contribution in [0.2, 0.25) is 0 Å². The van der Waals surface area contributed by atoms with E-state index in [9.17, 15) is 19.6 Å². The fourth-order valence-corrected chi connectivity index (χ4v) is 4.72. The molecule has 0 aliphatic heterocycles. The molecule has 0 aliphatic carbocycles. The first kappa shape index (κ1) is 28.3. The van der Waals surface area contributed by atoms with Crippen LogP contribution in [0.4, 0.5) is 11.6 Å². The number of amides is 2. The van der Waals surface area contributed by atoms with E-state index >= 15 is 0 Å². The Kier molecular flexibility index (Phi) is 10.3. The number of carbonyl (C=O) groups excluding carboxylic acids is 2. The summed E-state index contributed by atoms with van der Waals surface area (Å²) in [5.74, 6) is 0.0894. The highest BCUT2D eigenvalue weighted by Crippen LogP contribution is 2.09. The van der Waals surface area contributed by atoms with Crippen molar-refractivity contribution in [2.24, 2.45) is 0 Å². The number of thiazole rings is 1. The van der Waals surface area contributed by atoms with Crippen molar-refractivity contribution in [1.29, 1.82) is 5.26 Å². The molecule has 1 aromatic carbocycles. The number of hydrogen-bond acceptors (Lipinski definition) is 8. The minimum absolute atomic E-state index is 0.105. The highest BCUT2D eigenvalue weighted by Gasteiger charge is 2.14. The average Bonchev–Trinajstić information content (AvgIpc) is 3.22. The molecule has 0 radical (unpaired) electrons. The topological polar surface area (TPSA) is 132 Å². The first-order valence-electron chi connectivity index (χ1n) is 12.2. The van der Waals surface area contributed by atoms with Crippen molar-refractivity contribution in [2.45, 2.75) is 26.8 Å². The molecule has 11 heteroatoms. The lowest BCUT2D eigenvalue weighted by Crippen LogP contribution is -2.34. The Labute approximate surface area is 224 Å². The third-order valence-corrected chi connectivity index (χ3v) is 6.65. The quantitative estimate of drug-likeness (QED) is 0.336. The van der Waals surface area contributed by atoms with Crippen LogP contribution in [0.1, 0.15) is 19.4 Å². The van der Waals surface area contributed by atoms with Gasteiger partial charge in [0.05, 0.1) is 6.54 Å². The molecule has 0 fully saturated rings. The molecule has 0 atom stereocenters. The highest BCUT2D eigenvalue weighted by atomic mass is 32.1. The number of carbonyl (C=O) groups is 2. The summed E-state index contributed by atoms with van der Waals surface area (Å²) in [6, 6.07) is 17.1. The molecule has 38 heavy (non-hydrogen) atoms. The molecule has 2 amide bonds. The van der Waals surface area contributed by atoms with E-state index in [0.717, 1.165) is 24.3 Å². The molecule has 2 aromatic heterocycles. The molecule has 3 aromatic rings. The number of likely N-dealkylation sites (N-methyl/N-ethyl adjacent to an activating group) is 1.